The fourth-order valence-corrected chi connectivity index (χ4v) is 8.96. The maximum Gasteiger partial charge on any atom is 0.262 e. The standard InChI is InChI=1S/C39H36N12O5S/c1-41-29-16-30(31-5-3-25-12-21(17-40)18-43-51(25)31)42-19-28(29)37-47-46-36(57-37)22-13-23(14-22)44-34(53)20-48-8-10-49(11-9-48)24-2-4-26-27(15-24)39(56)50(38(26)55)32-6-7-33(52)45-35(32)54/h2-5,12,15-16,18-19,22-23,32H,6-11,13-14,20H2,1H3,(H,41,42)(H,44,53)(H,45,52,54). The van der Waals surface area contributed by atoms with Crippen molar-refractivity contribution in [1.82, 2.24) is 45.2 Å². The van der Waals surface area contributed by atoms with Gasteiger partial charge in [-0.25, -0.2) is 4.52 Å². The van der Waals surface area contributed by atoms with Gasteiger partial charge in [-0.15, -0.1) is 10.2 Å². The number of anilines is 2. The lowest BCUT2D eigenvalue weighted by atomic mass is 9.81. The van der Waals surface area contributed by atoms with Crippen LogP contribution in [0.1, 0.15) is 62.9 Å². The summed E-state index contributed by atoms with van der Waals surface area (Å²) in [5.41, 5.74) is 5.80. The number of rotatable bonds is 9. The number of carbonyl (C=O) groups is 5. The molecule has 5 aromatic rings. The first-order chi connectivity index (χ1) is 27.7. The van der Waals surface area contributed by atoms with Crippen LogP contribution in [0.4, 0.5) is 11.4 Å². The van der Waals surface area contributed by atoms with Crippen LogP contribution >= 0.6 is 11.3 Å². The van der Waals surface area contributed by atoms with Gasteiger partial charge in [0.15, 0.2) is 5.01 Å². The normalized spacial score (nSPS) is 20.9. The van der Waals surface area contributed by atoms with E-state index in [0.29, 0.717) is 31.7 Å². The second-order valence-corrected chi connectivity index (χ2v) is 15.6. The lowest BCUT2D eigenvalue weighted by Crippen LogP contribution is -2.54. The summed E-state index contributed by atoms with van der Waals surface area (Å²) in [5, 5.41) is 32.9. The molecule has 4 aromatic heterocycles. The molecule has 18 heteroatoms. The SMILES string of the molecule is CNc1cc(-c2ccc3cc(C#N)cnn23)ncc1-c1nnc(C2CC(NC(=O)CN3CCN(c4ccc5c(c4)C(=O)N(C4CCC(=O)NC4=O)C5=O)CC3)C2)s1. The van der Waals surface area contributed by atoms with Crippen LogP contribution in [0.3, 0.4) is 0 Å². The first-order valence-corrected chi connectivity index (χ1v) is 19.5. The summed E-state index contributed by atoms with van der Waals surface area (Å²) in [5.74, 6) is -1.93. The second kappa shape index (κ2) is 14.5. The molecule has 3 N–H and O–H groups in total. The zero-order valence-corrected chi connectivity index (χ0v) is 31.6. The lowest BCUT2D eigenvalue weighted by Gasteiger charge is -2.37. The highest BCUT2D eigenvalue weighted by atomic mass is 32.1. The summed E-state index contributed by atoms with van der Waals surface area (Å²) in [7, 11) is 1.85. The molecular weight excluding hydrogens is 749 g/mol. The number of piperidine rings is 1. The van der Waals surface area contributed by atoms with Gasteiger partial charge < -0.3 is 15.5 Å². The van der Waals surface area contributed by atoms with E-state index in [-0.39, 0.29) is 48.4 Å². The predicted octanol–water partition coefficient (Wildman–Crippen LogP) is 2.41. The Bertz CT molecular complexity index is 2530. The van der Waals surface area contributed by atoms with Gasteiger partial charge in [-0.05, 0) is 61.7 Å². The van der Waals surface area contributed by atoms with Crippen molar-refractivity contribution in [2.24, 2.45) is 0 Å². The number of amides is 5. The summed E-state index contributed by atoms with van der Waals surface area (Å²) in [6.45, 7) is 2.84. The van der Waals surface area contributed by atoms with Gasteiger partial charge in [0.05, 0.1) is 51.9 Å². The maximum absolute atomic E-state index is 13.3. The number of hydrogen-bond donors (Lipinski definition) is 3. The molecule has 3 fully saturated rings. The molecule has 1 aliphatic carbocycles. The molecule has 17 nitrogen and oxygen atoms in total. The summed E-state index contributed by atoms with van der Waals surface area (Å²) >= 11 is 1.53. The Morgan fingerprint density at radius 2 is 1.77 bits per heavy atom. The van der Waals surface area contributed by atoms with Crippen LogP contribution < -0.4 is 20.9 Å². The van der Waals surface area contributed by atoms with Crippen molar-refractivity contribution in [3.05, 3.63) is 76.6 Å². The number of hydrogen-bond acceptors (Lipinski definition) is 14. The molecule has 0 radical (unpaired) electrons. The van der Waals surface area contributed by atoms with Gasteiger partial charge in [-0.3, -0.25) is 44.1 Å². The third kappa shape index (κ3) is 6.63. The molecule has 288 valence electrons. The molecular formula is C39H36N12O5S. The van der Waals surface area contributed by atoms with E-state index in [9.17, 15) is 29.2 Å². The third-order valence-corrected chi connectivity index (χ3v) is 12.2. The number of carbonyl (C=O) groups excluding carboxylic acids is 5. The number of fused-ring (bicyclic) bond motifs is 2. The van der Waals surface area contributed by atoms with Crippen LogP contribution in [-0.2, 0) is 14.4 Å². The van der Waals surface area contributed by atoms with Crippen molar-refractivity contribution < 1.29 is 24.0 Å². The number of nitriles is 1. The third-order valence-electron chi connectivity index (χ3n) is 11.1. The number of pyridine rings is 1. The monoisotopic (exact) mass is 784 g/mol. The highest BCUT2D eigenvalue weighted by Crippen LogP contribution is 2.41. The molecule has 9 rings (SSSR count). The van der Waals surface area contributed by atoms with Gasteiger partial charge in [0.25, 0.3) is 11.8 Å². The highest BCUT2D eigenvalue weighted by molar-refractivity contribution is 7.14. The van der Waals surface area contributed by atoms with Gasteiger partial charge in [-0.2, -0.15) is 10.4 Å². The van der Waals surface area contributed by atoms with E-state index in [4.69, 9.17) is 4.98 Å². The summed E-state index contributed by atoms with van der Waals surface area (Å²) < 4.78 is 1.76. The number of nitrogens with zero attached hydrogens (tertiary/aromatic N) is 9. The Hall–Kier alpha value is -6.58. The number of benzene rings is 1. The molecule has 2 saturated heterocycles. The van der Waals surface area contributed by atoms with E-state index in [2.05, 4.69) is 47.1 Å². The smallest absolute Gasteiger partial charge is 0.262 e. The summed E-state index contributed by atoms with van der Waals surface area (Å²) in [6, 6.07) is 13.9. The van der Waals surface area contributed by atoms with Crippen LogP contribution in [-0.4, -0.2) is 116 Å². The fourth-order valence-electron chi connectivity index (χ4n) is 7.97. The van der Waals surface area contributed by atoms with Crippen molar-refractivity contribution >= 4 is 57.8 Å². The summed E-state index contributed by atoms with van der Waals surface area (Å²) in [4.78, 5) is 73.3. The first kappa shape index (κ1) is 36.1. The number of aromatic nitrogens is 5. The molecule has 1 unspecified atom stereocenters. The number of imide groups is 2. The van der Waals surface area contributed by atoms with Crippen LogP contribution in [0.5, 0.6) is 0 Å². The molecule has 1 aromatic carbocycles. The average Bonchev–Trinajstić information content (AvgIpc) is 3.92. The van der Waals surface area contributed by atoms with Crippen molar-refractivity contribution in [1.29, 1.82) is 5.26 Å². The number of nitrogens with one attached hydrogen (secondary N) is 3. The van der Waals surface area contributed by atoms with E-state index >= 15 is 0 Å². The minimum Gasteiger partial charge on any atom is -0.387 e. The number of piperazine rings is 1. The molecule has 0 spiro atoms. The van der Waals surface area contributed by atoms with Crippen LogP contribution in [0.25, 0.3) is 27.5 Å². The average molecular weight is 785 g/mol. The van der Waals surface area contributed by atoms with Crippen molar-refractivity contribution in [3.63, 3.8) is 0 Å². The van der Waals surface area contributed by atoms with Gasteiger partial charge in [0.1, 0.15) is 17.1 Å². The molecule has 1 atom stereocenters. The van der Waals surface area contributed by atoms with E-state index in [1.807, 2.05) is 25.2 Å². The molecule has 0 bridgehead atoms. The van der Waals surface area contributed by atoms with E-state index in [1.165, 1.54) is 17.5 Å². The Kier molecular flexibility index (Phi) is 9.17. The van der Waals surface area contributed by atoms with E-state index < -0.39 is 29.7 Å². The lowest BCUT2D eigenvalue weighted by molar-refractivity contribution is -0.136. The van der Waals surface area contributed by atoms with Crippen molar-refractivity contribution in [3.8, 4) is 28.0 Å². The van der Waals surface area contributed by atoms with Gasteiger partial charge in [0, 0.05) is 69.2 Å². The first-order valence-electron chi connectivity index (χ1n) is 18.7. The highest BCUT2D eigenvalue weighted by Gasteiger charge is 2.45. The summed E-state index contributed by atoms with van der Waals surface area (Å²) in [6.07, 6.45) is 5.06. The van der Waals surface area contributed by atoms with Crippen LogP contribution in [0.2, 0.25) is 0 Å². The van der Waals surface area contributed by atoms with E-state index in [1.54, 1.807) is 35.0 Å². The van der Waals surface area contributed by atoms with Gasteiger partial charge in [-0.1, -0.05) is 11.3 Å². The Morgan fingerprint density at radius 1 is 0.965 bits per heavy atom. The molecule has 4 aliphatic rings. The zero-order valence-electron chi connectivity index (χ0n) is 30.8. The molecule has 57 heavy (non-hydrogen) atoms. The Morgan fingerprint density at radius 3 is 2.54 bits per heavy atom. The van der Waals surface area contributed by atoms with Crippen LogP contribution in [0.15, 0.2) is 54.9 Å². The Labute approximate surface area is 329 Å². The minimum atomic E-state index is -1.01. The van der Waals surface area contributed by atoms with Gasteiger partial charge >= 0.3 is 0 Å². The Balaban J connectivity index is 0.756. The van der Waals surface area contributed by atoms with Crippen molar-refractivity contribution in [2.75, 3.05) is 50.0 Å². The molecule has 7 heterocycles. The molecule has 5 amide bonds. The predicted molar refractivity (Wildman–Crippen MR) is 207 cm³/mol. The largest absolute Gasteiger partial charge is 0.387 e. The quantitative estimate of drug-likeness (QED) is 0.184. The van der Waals surface area contributed by atoms with E-state index in [0.717, 1.165) is 61.6 Å². The minimum absolute atomic E-state index is 0.0265. The molecule has 3 aliphatic heterocycles. The topological polar surface area (TPSA) is 211 Å². The second-order valence-electron chi connectivity index (χ2n) is 14.6. The van der Waals surface area contributed by atoms with Gasteiger partial charge in [0.2, 0.25) is 17.7 Å². The zero-order chi connectivity index (χ0) is 39.4. The fraction of sp³-hybridized carbons (Fsp3) is 0.333. The van der Waals surface area contributed by atoms with Crippen LogP contribution in [0, 0.1) is 11.3 Å². The maximum atomic E-state index is 13.3. The molecule has 1 saturated carbocycles. The van der Waals surface area contributed by atoms with Crippen molar-refractivity contribution in [2.45, 2.75) is 43.7 Å².